The van der Waals surface area contributed by atoms with E-state index >= 15 is 0 Å². The van der Waals surface area contributed by atoms with E-state index in [4.69, 9.17) is 5.73 Å². The topological polar surface area (TPSA) is 43.1 Å². The van der Waals surface area contributed by atoms with Crippen LogP contribution in [0.2, 0.25) is 0 Å². The van der Waals surface area contributed by atoms with E-state index in [1.54, 1.807) is 6.92 Å². The summed E-state index contributed by atoms with van der Waals surface area (Å²) in [6.45, 7) is 5.85. The van der Waals surface area contributed by atoms with Gasteiger partial charge in [0.15, 0.2) is 0 Å². The van der Waals surface area contributed by atoms with Gasteiger partial charge in [0, 0.05) is 0 Å². The van der Waals surface area contributed by atoms with Crippen LogP contribution >= 0.6 is 0 Å². The van der Waals surface area contributed by atoms with E-state index in [2.05, 4.69) is 13.8 Å². The molecule has 0 rings (SSSR count). The maximum Gasteiger partial charge on any atom is 0.146 e. The molecule has 0 aliphatic carbocycles. The molecule has 66 valence electrons. The first-order valence-electron chi connectivity index (χ1n) is 4.34. The first kappa shape index (κ1) is 10.6. The normalized spacial score (nSPS) is 16.0. The Kier molecular flexibility index (Phi) is 5.12. The minimum absolute atomic E-state index is 0.105. The summed E-state index contributed by atoms with van der Waals surface area (Å²) in [5.74, 6) is 0.687. The highest BCUT2D eigenvalue weighted by atomic mass is 16.1. The van der Waals surface area contributed by atoms with Gasteiger partial charge in [-0.25, -0.2) is 0 Å². The number of nitrogens with two attached hydrogens (primary N) is 1. The van der Waals surface area contributed by atoms with Crippen molar-refractivity contribution in [1.82, 2.24) is 0 Å². The molecule has 0 spiro atoms. The standard InChI is InChI=1S/C9H19NO/c1-4-5-7(2)6-9(10)8(3)11/h7,9H,4-6,10H2,1-3H3/t7-,9+/m1/s1. The van der Waals surface area contributed by atoms with Crippen molar-refractivity contribution in [2.24, 2.45) is 11.7 Å². The van der Waals surface area contributed by atoms with E-state index in [0.717, 1.165) is 6.42 Å². The molecule has 0 aliphatic rings. The van der Waals surface area contributed by atoms with Gasteiger partial charge >= 0.3 is 0 Å². The zero-order valence-corrected chi connectivity index (χ0v) is 7.76. The fourth-order valence-electron chi connectivity index (χ4n) is 1.21. The first-order valence-corrected chi connectivity index (χ1v) is 4.34. The Morgan fingerprint density at radius 2 is 2.09 bits per heavy atom. The van der Waals surface area contributed by atoms with Gasteiger partial charge in [-0.3, -0.25) is 4.79 Å². The average Bonchev–Trinajstić information content (AvgIpc) is 1.87. The predicted octanol–water partition coefficient (Wildman–Crippen LogP) is 1.73. The van der Waals surface area contributed by atoms with Crippen molar-refractivity contribution < 1.29 is 4.79 Å². The Morgan fingerprint density at radius 1 is 1.55 bits per heavy atom. The SMILES string of the molecule is CCC[C@@H](C)C[C@H](N)C(C)=O. The summed E-state index contributed by atoms with van der Waals surface area (Å²) in [5.41, 5.74) is 5.60. The number of hydrogen-bond donors (Lipinski definition) is 1. The fourth-order valence-corrected chi connectivity index (χ4v) is 1.21. The molecule has 0 bridgehead atoms. The second-order valence-electron chi connectivity index (χ2n) is 3.35. The van der Waals surface area contributed by atoms with Crippen LogP contribution in [0.15, 0.2) is 0 Å². The second kappa shape index (κ2) is 5.30. The van der Waals surface area contributed by atoms with Crippen LogP contribution in [-0.4, -0.2) is 11.8 Å². The molecule has 2 nitrogen and oxygen atoms in total. The van der Waals surface area contributed by atoms with Crippen LogP contribution < -0.4 is 5.73 Å². The lowest BCUT2D eigenvalue weighted by Gasteiger charge is -2.13. The third-order valence-corrected chi connectivity index (χ3v) is 1.96. The van der Waals surface area contributed by atoms with Crippen LogP contribution in [-0.2, 0) is 4.79 Å². The van der Waals surface area contributed by atoms with Crippen LogP contribution in [0.25, 0.3) is 0 Å². The highest BCUT2D eigenvalue weighted by Gasteiger charge is 2.11. The van der Waals surface area contributed by atoms with Gasteiger partial charge in [0.05, 0.1) is 6.04 Å². The Hall–Kier alpha value is -0.370. The number of rotatable bonds is 5. The van der Waals surface area contributed by atoms with Gasteiger partial charge in [-0.15, -0.1) is 0 Å². The third-order valence-electron chi connectivity index (χ3n) is 1.96. The molecule has 0 fully saturated rings. The monoisotopic (exact) mass is 157 g/mol. The van der Waals surface area contributed by atoms with Crippen LogP contribution in [0.4, 0.5) is 0 Å². The Morgan fingerprint density at radius 3 is 2.45 bits per heavy atom. The average molecular weight is 157 g/mol. The number of hydrogen-bond acceptors (Lipinski definition) is 2. The summed E-state index contributed by atoms with van der Waals surface area (Å²) in [6, 6.07) is -0.239. The van der Waals surface area contributed by atoms with E-state index in [1.165, 1.54) is 12.8 Å². The summed E-state index contributed by atoms with van der Waals surface area (Å²) < 4.78 is 0. The van der Waals surface area contributed by atoms with Gasteiger partial charge in [-0.1, -0.05) is 26.7 Å². The molecule has 2 atom stereocenters. The van der Waals surface area contributed by atoms with Crippen LogP contribution in [0.1, 0.15) is 40.0 Å². The lowest BCUT2D eigenvalue weighted by atomic mass is 9.96. The number of Topliss-reactive ketones (excluding diaryl/α,β-unsaturated/α-hetero) is 1. The summed E-state index contributed by atoms with van der Waals surface area (Å²) in [4.78, 5) is 10.8. The molecule has 0 unspecified atom stereocenters. The summed E-state index contributed by atoms with van der Waals surface area (Å²) in [7, 11) is 0. The molecule has 11 heavy (non-hydrogen) atoms. The molecule has 2 heteroatoms. The minimum Gasteiger partial charge on any atom is -0.322 e. The molecule has 0 aromatic rings. The lowest BCUT2D eigenvalue weighted by Crippen LogP contribution is -2.30. The molecule has 0 aliphatic heterocycles. The smallest absolute Gasteiger partial charge is 0.146 e. The van der Waals surface area contributed by atoms with Crippen molar-refractivity contribution in [2.45, 2.75) is 46.1 Å². The van der Waals surface area contributed by atoms with Gasteiger partial charge in [0.25, 0.3) is 0 Å². The molecule has 0 amide bonds. The van der Waals surface area contributed by atoms with E-state index in [9.17, 15) is 4.79 Å². The fraction of sp³-hybridized carbons (Fsp3) is 0.889. The van der Waals surface area contributed by atoms with Crippen molar-refractivity contribution in [3.8, 4) is 0 Å². The van der Waals surface area contributed by atoms with Crippen molar-refractivity contribution in [3.05, 3.63) is 0 Å². The Labute approximate surface area is 69.2 Å². The van der Waals surface area contributed by atoms with E-state index in [0.29, 0.717) is 5.92 Å². The molecule has 0 heterocycles. The highest BCUT2D eigenvalue weighted by molar-refractivity contribution is 5.81. The molecule has 0 radical (unpaired) electrons. The van der Waals surface area contributed by atoms with E-state index in [-0.39, 0.29) is 11.8 Å². The molecule has 2 N–H and O–H groups in total. The summed E-state index contributed by atoms with van der Waals surface area (Å²) in [5, 5.41) is 0. The quantitative estimate of drug-likeness (QED) is 0.660. The predicted molar refractivity (Wildman–Crippen MR) is 47.3 cm³/mol. The molecule has 0 saturated carbocycles. The van der Waals surface area contributed by atoms with Crippen molar-refractivity contribution in [1.29, 1.82) is 0 Å². The maximum absolute atomic E-state index is 10.8. The zero-order chi connectivity index (χ0) is 8.85. The first-order chi connectivity index (χ1) is 5.07. The van der Waals surface area contributed by atoms with Crippen molar-refractivity contribution >= 4 is 5.78 Å². The maximum atomic E-state index is 10.8. The summed E-state index contributed by atoms with van der Waals surface area (Å²) in [6.07, 6.45) is 3.18. The van der Waals surface area contributed by atoms with Gasteiger partial charge in [-0.2, -0.15) is 0 Å². The van der Waals surface area contributed by atoms with Gasteiger partial charge in [-0.05, 0) is 19.3 Å². The van der Waals surface area contributed by atoms with Crippen molar-refractivity contribution in [3.63, 3.8) is 0 Å². The number of carbonyl (C=O) groups excluding carboxylic acids is 1. The lowest BCUT2D eigenvalue weighted by molar-refractivity contribution is -0.118. The number of ketones is 1. The van der Waals surface area contributed by atoms with E-state index in [1.807, 2.05) is 0 Å². The Bertz CT molecular complexity index is 123. The molecule has 0 saturated heterocycles. The van der Waals surface area contributed by atoms with Crippen LogP contribution in [0, 0.1) is 5.92 Å². The molecular formula is C9H19NO. The van der Waals surface area contributed by atoms with Crippen LogP contribution in [0.5, 0.6) is 0 Å². The summed E-state index contributed by atoms with van der Waals surface area (Å²) >= 11 is 0. The van der Waals surface area contributed by atoms with Crippen molar-refractivity contribution in [2.75, 3.05) is 0 Å². The minimum atomic E-state index is -0.239. The van der Waals surface area contributed by atoms with Gasteiger partial charge in [0.2, 0.25) is 0 Å². The second-order valence-corrected chi connectivity index (χ2v) is 3.35. The third kappa shape index (κ3) is 4.96. The molecule has 0 aromatic carbocycles. The number of carbonyl (C=O) groups is 1. The largest absolute Gasteiger partial charge is 0.322 e. The molecular weight excluding hydrogens is 138 g/mol. The zero-order valence-electron chi connectivity index (χ0n) is 7.76. The van der Waals surface area contributed by atoms with E-state index < -0.39 is 0 Å². The molecule has 0 aromatic heterocycles. The highest BCUT2D eigenvalue weighted by Crippen LogP contribution is 2.11. The Balaban J connectivity index is 3.56. The van der Waals surface area contributed by atoms with Gasteiger partial charge in [0.1, 0.15) is 5.78 Å². The van der Waals surface area contributed by atoms with Gasteiger partial charge < -0.3 is 5.73 Å². The van der Waals surface area contributed by atoms with Crippen LogP contribution in [0.3, 0.4) is 0 Å².